The Balaban J connectivity index is 2.55. The number of methoxy groups -OCH3 is 2. The predicted molar refractivity (Wildman–Crippen MR) is 84.6 cm³/mol. The molecule has 4 nitrogen and oxygen atoms in total. The van der Waals surface area contributed by atoms with Gasteiger partial charge in [-0.05, 0) is 31.4 Å². The molecule has 1 rings (SSSR count). The fraction of sp³-hybridized carbons (Fsp3) is 0.588. The van der Waals surface area contributed by atoms with Crippen molar-refractivity contribution in [3.8, 4) is 0 Å². The maximum Gasteiger partial charge on any atom is 0.223 e. The number of amides is 1. The fourth-order valence-corrected chi connectivity index (χ4v) is 2.29. The Morgan fingerprint density at radius 1 is 1.10 bits per heavy atom. The minimum atomic E-state index is 0.157. The zero-order chi connectivity index (χ0) is 15.7. The van der Waals surface area contributed by atoms with Gasteiger partial charge < -0.3 is 14.4 Å². The first-order chi connectivity index (χ1) is 10.1. The summed E-state index contributed by atoms with van der Waals surface area (Å²) < 4.78 is 10.1. The zero-order valence-electron chi connectivity index (χ0n) is 13.6. The monoisotopic (exact) mass is 293 g/mol. The first kappa shape index (κ1) is 17.7. The summed E-state index contributed by atoms with van der Waals surface area (Å²) >= 11 is 0. The molecular formula is C17H27NO3. The van der Waals surface area contributed by atoms with Crippen molar-refractivity contribution in [2.45, 2.75) is 26.7 Å². The van der Waals surface area contributed by atoms with Gasteiger partial charge in [0.2, 0.25) is 5.91 Å². The molecule has 1 amide bonds. The van der Waals surface area contributed by atoms with Crippen LogP contribution in [0.25, 0.3) is 0 Å². The Kier molecular flexibility index (Phi) is 8.01. The Hall–Kier alpha value is -1.39. The second-order valence-electron chi connectivity index (χ2n) is 5.30. The minimum Gasteiger partial charge on any atom is -0.383 e. The first-order valence-corrected chi connectivity index (χ1v) is 7.40. The number of carbonyl (C=O) groups is 1. The summed E-state index contributed by atoms with van der Waals surface area (Å²) in [4.78, 5) is 14.1. The highest BCUT2D eigenvalue weighted by Crippen LogP contribution is 2.13. The summed E-state index contributed by atoms with van der Waals surface area (Å²) in [7, 11) is 3.29. The van der Waals surface area contributed by atoms with E-state index < -0.39 is 0 Å². The largest absolute Gasteiger partial charge is 0.383 e. The third-order valence-electron chi connectivity index (χ3n) is 3.59. The lowest BCUT2D eigenvalue weighted by Gasteiger charge is -2.22. The third kappa shape index (κ3) is 6.27. The van der Waals surface area contributed by atoms with Gasteiger partial charge in [-0.15, -0.1) is 0 Å². The zero-order valence-corrected chi connectivity index (χ0v) is 13.6. The van der Waals surface area contributed by atoms with Crippen molar-refractivity contribution in [2.75, 3.05) is 40.5 Å². The summed E-state index contributed by atoms with van der Waals surface area (Å²) in [6, 6.07) is 6.38. The number of ether oxygens (including phenoxy) is 2. The van der Waals surface area contributed by atoms with Gasteiger partial charge in [-0.1, -0.05) is 23.8 Å². The molecule has 0 aliphatic carbocycles. The molecule has 0 unspecified atom stereocenters. The number of nitrogens with zero attached hydrogens (tertiary/aromatic N) is 1. The molecule has 21 heavy (non-hydrogen) atoms. The molecule has 0 aliphatic heterocycles. The maximum atomic E-state index is 12.3. The van der Waals surface area contributed by atoms with Crippen LogP contribution in [0.4, 0.5) is 0 Å². The average molecular weight is 293 g/mol. The van der Waals surface area contributed by atoms with Crippen LogP contribution in [0.2, 0.25) is 0 Å². The van der Waals surface area contributed by atoms with E-state index in [1.54, 1.807) is 14.2 Å². The summed E-state index contributed by atoms with van der Waals surface area (Å²) in [6.07, 6.45) is 1.30. The van der Waals surface area contributed by atoms with E-state index in [9.17, 15) is 4.79 Å². The number of aryl methyl sites for hydroxylation is 3. The molecular weight excluding hydrogens is 266 g/mol. The van der Waals surface area contributed by atoms with Crippen LogP contribution in [-0.2, 0) is 20.7 Å². The molecule has 0 saturated carbocycles. The Labute approximate surface area is 128 Å². The minimum absolute atomic E-state index is 0.157. The van der Waals surface area contributed by atoms with Gasteiger partial charge in [-0.2, -0.15) is 0 Å². The van der Waals surface area contributed by atoms with E-state index in [1.807, 2.05) is 4.90 Å². The van der Waals surface area contributed by atoms with E-state index in [-0.39, 0.29) is 5.91 Å². The van der Waals surface area contributed by atoms with Crippen LogP contribution in [0.5, 0.6) is 0 Å². The van der Waals surface area contributed by atoms with Crippen LogP contribution >= 0.6 is 0 Å². The van der Waals surface area contributed by atoms with Crippen molar-refractivity contribution in [1.82, 2.24) is 4.90 Å². The molecule has 1 aromatic rings. The highest BCUT2D eigenvalue weighted by molar-refractivity contribution is 5.76. The number of hydrogen-bond acceptors (Lipinski definition) is 3. The first-order valence-electron chi connectivity index (χ1n) is 7.40. The number of benzene rings is 1. The number of hydrogen-bond donors (Lipinski definition) is 0. The molecule has 4 heteroatoms. The van der Waals surface area contributed by atoms with Gasteiger partial charge in [0.1, 0.15) is 0 Å². The average Bonchev–Trinajstić information content (AvgIpc) is 2.46. The Bertz CT molecular complexity index is 438. The quantitative estimate of drug-likeness (QED) is 0.701. The van der Waals surface area contributed by atoms with Crippen LogP contribution in [0, 0.1) is 13.8 Å². The predicted octanol–water partition coefficient (Wildman–Crippen LogP) is 2.36. The highest BCUT2D eigenvalue weighted by atomic mass is 16.5. The second-order valence-corrected chi connectivity index (χ2v) is 5.30. The van der Waals surface area contributed by atoms with Crippen molar-refractivity contribution >= 4 is 5.91 Å². The smallest absolute Gasteiger partial charge is 0.223 e. The fourth-order valence-electron chi connectivity index (χ4n) is 2.29. The normalized spacial score (nSPS) is 10.7. The molecule has 0 heterocycles. The van der Waals surface area contributed by atoms with Gasteiger partial charge in [0.25, 0.3) is 0 Å². The van der Waals surface area contributed by atoms with Crippen LogP contribution < -0.4 is 0 Å². The van der Waals surface area contributed by atoms with E-state index >= 15 is 0 Å². The summed E-state index contributed by atoms with van der Waals surface area (Å²) in [6.45, 7) is 6.52. The van der Waals surface area contributed by atoms with Crippen molar-refractivity contribution in [3.63, 3.8) is 0 Å². The Morgan fingerprint density at radius 2 is 1.71 bits per heavy atom. The molecule has 0 radical (unpaired) electrons. The molecule has 1 aromatic carbocycles. The lowest BCUT2D eigenvalue weighted by molar-refractivity contribution is -0.132. The van der Waals surface area contributed by atoms with Crippen LogP contribution in [0.15, 0.2) is 18.2 Å². The van der Waals surface area contributed by atoms with Crippen LogP contribution in [0.1, 0.15) is 23.1 Å². The SMILES string of the molecule is COCCN(CCOC)C(=O)CCc1ccc(C)cc1C. The van der Waals surface area contributed by atoms with Crippen molar-refractivity contribution in [2.24, 2.45) is 0 Å². The Morgan fingerprint density at radius 3 is 2.24 bits per heavy atom. The van der Waals surface area contributed by atoms with Gasteiger partial charge >= 0.3 is 0 Å². The molecule has 0 N–H and O–H groups in total. The van der Waals surface area contributed by atoms with Crippen molar-refractivity contribution < 1.29 is 14.3 Å². The van der Waals surface area contributed by atoms with E-state index in [1.165, 1.54) is 16.7 Å². The lowest BCUT2D eigenvalue weighted by atomic mass is 10.0. The van der Waals surface area contributed by atoms with E-state index in [2.05, 4.69) is 32.0 Å². The van der Waals surface area contributed by atoms with Crippen molar-refractivity contribution in [1.29, 1.82) is 0 Å². The molecule has 0 atom stereocenters. The molecule has 0 bridgehead atoms. The van der Waals surface area contributed by atoms with Gasteiger partial charge in [0, 0.05) is 33.7 Å². The molecule has 0 spiro atoms. The highest BCUT2D eigenvalue weighted by Gasteiger charge is 2.13. The van der Waals surface area contributed by atoms with Gasteiger partial charge in [0.15, 0.2) is 0 Å². The van der Waals surface area contributed by atoms with E-state index in [0.717, 1.165) is 6.42 Å². The summed E-state index contributed by atoms with van der Waals surface area (Å²) in [5, 5.41) is 0. The topological polar surface area (TPSA) is 38.8 Å². The molecule has 0 saturated heterocycles. The van der Waals surface area contributed by atoms with E-state index in [0.29, 0.717) is 32.7 Å². The summed E-state index contributed by atoms with van der Waals surface area (Å²) in [5.74, 6) is 0.157. The van der Waals surface area contributed by atoms with Gasteiger partial charge in [0.05, 0.1) is 13.2 Å². The second kappa shape index (κ2) is 9.53. The van der Waals surface area contributed by atoms with Crippen LogP contribution in [0.3, 0.4) is 0 Å². The van der Waals surface area contributed by atoms with Crippen LogP contribution in [-0.4, -0.2) is 51.3 Å². The summed E-state index contributed by atoms with van der Waals surface area (Å²) in [5.41, 5.74) is 3.75. The lowest BCUT2D eigenvalue weighted by Crippen LogP contribution is -2.36. The van der Waals surface area contributed by atoms with Crippen molar-refractivity contribution in [3.05, 3.63) is 34.9 Å². The third-order valence-corrected chi connectivity index (χ3v) is 3.59. The standard InChI is InChI=1S/C17H27NO3/c1-14-5-6-16(15(2)13-14)7-8-17(19)18(9-11-20-3)10-12-21-4/h5-6,13H,7-12H2,1-4H3. The van der Waals surface area contributed by atoms with Gasteiger partial charge in [-0.3, -0.25) is 4.79 Å². The molecule has 0 aromatic heterocycles. The van der Waals surface area contributed by atoms with E-state index in [4.69, 9.17) is 9.47 Å². The number of carbonyl (C=O) groups excluding carboxylic acids is 1. The molecule has 0 aliphatic rings. The maximum absolute atomic E-state index is 12.3. The number of rotatable bonds is 9. The molecule has 118 valence electrons. The molecule has 0 fully saturated rings. The van der Waals surface area contributed by atoms with Gasteiger partial charge in [-0.25, -0.2) is 0 Å².